The van der Waals surface area contributed by atoms with Crippen LogP contribution in [-0.4, -0.2) is 28.6 Å². The summed E-state index contributed by atoms with van der Waals surface area (Å²) < 4.78 is 0. The van der Waals surface area contributed by atoms with Crippen molar-refractivity contribution in [2.24, 2.45) is 5.92 Å². The Hall–Kier alpha value is -2.39. The fourth-order valence-corrected chi connectivity index (χ4v) is 3.36. The second-order valence-electron chi connectivity index (χ2n) is 6.61. The van der Waals surface area contributed by atoms with Crippen LogP contribution in [0, 0.1) is 5.92 Å². The molecule has 1 aliphatic rings. The highest BCUT2D eigenvalue weighted by Crippen LogP contribution is 2.25. The van der Waals surface area contributed by atoms with Crippen LogP contribution in [0.3, 0.4) is 0 Å². The smallest absolute Gasteiger partial charge is 0.228 e. The lowest BCUT2D eigenvalue weighted by Gasteiger charge is -2.34. The Morgan fingerprint density at radius 2 is 1.76 bits per heavy atom. The zero-order chi connectivity index (χ0) is 17.5. The molecule has 3 heteroatoms. The summed E-state index contributed by atoms with van der Waals surface area (Å²) >= 11 is 0. The van der Waals surface area contributed by atoms with Crippen molar-refractivity contribution in [2.75, 3.05) is 6.54 Å². The van der Waals surface area contributed by atoms with E-state index in [2.05, 4.69) is 0 Å². The number of carbonyl (C=O) groups is 1. The van der Waals surface area contributed by atoms with Crippen molar-refractivity contribution >= 4 is 12.0 Å². The van der Waals surface area contributed by atoms with E-state index < -0.39 is 6.10 Å². The Labute approximate surface area is 149 Å². The Morgan fingerprint density at radius 1 is 1.08 bits per heavy atom. The van der Waals surface area contributed by atoms with Gasteiger partial charge in [0.2, 0.25) is 5.91 Å². The van der Waals surface area contributed by atoms with Gasteiger partial charge in [0.25, 0.3) is 0 Å². The zero-order valence-corrected chi connectivity index (χ0v) is 14.4. The van der Waals surface area contributed by atoms with Gasteiger partial charge in [-0.3, -0.25) is 4.79 Å². The van der Waals surface area contributed by atoms with Gasteiger partial charge >= 0.3 is 0 Å². The summed E-state index contributed by atoms with van der Waals surface area (Å²) in [5, 5.41) is 10.5. The van der Waals surface area contributed by atoms with Gasteiger partial charge in [0.1, 0.15) is 0 Å². The number of hydrogen-bond acceptors (Lipinski definition) is 2. The molecule has 0 bridgehead atoms. The third kappa shape index (κ3) is 4.80. The molecule has 2 atom stereocenters. The molecule has 1 amide bonds. The van der Waals surface area contributed by atoms with Crippen LogP contribution in [0.2, 0.25) is 0 Å². The van der Waals surface area contributed by atoms with E-state index in [-0.39, 0.29) is 11.8 Å². The molecule has 2 aromatic rings. The van der Waals surface area contributed by atoms with Gasteiger partial charge in [-0.25, -0.2) is 0 Å². The Balaban J connectivity index is 1.57. The first-order valence-electron chi connectivity index (χ1n) is 8.96. The molecule has 0 aliphatic carbocycles. The van der Waals surface area contributed by atoms with Crippen molar-refractivity contribution < 1.29 is 9.90 Å². The van der Waals surface area contributed by atoms with Gasteiger partial charge in [-0.1, -0.05) is 72.8 Å². The van der Waals surface area contributed by atoms with Gasteiger partial charge in [-0.05, 0) is 30.4 Å². The van der Waals surface area contributed by atoms with E-state index in [1.807, 2.05) is 77.7 Å². The topological polar surface area (TPSA) is 40.5 Å². The van der Waals surface area contributed by atoms with E-state index in [1.165, 1.54) is 0 Å². The summed E-state index contributed by atoms with van der Waals surface area (Å²) in [6, 6.07) is 20.0. The van der Waals surface area contributed by atoms with Crippen molar-refractivity contribution in [2.45, 2.75) is 31.9 Å². The Morgan fingerprint density at radius 3 is 2.48 bits per heavy atom. The molecular formula is C22H25NO2. The minimum absolute atomic E-state index is 0.0794. The summed E-state index contributed by atoms with van der Waals surface area (Å²) in [7, 11) is 0. The number of aliphatic hydroxyl groups is 1. The number of nitrogens with zero attached hydrogens (tertiary/aromatic N) is 1. The standard InChI is InChI=1S/C22H25NO2/c24-21(15-7-13-18-9-3-1-4-10-18)20-14-8-16-23(22(20)25)17-19-11-5-2-6-12-19/h1-7,9-13,20-21,24H,8,14-17H2/b13-7+. The van der Waals surface area contributed by atoms with Crippen LogP contribution in [-0.2, 0) is 11.3 Å². The third-order valence-corrected chi connectivity index (χ3v) is 4.74. The first kappa shape index (κ1) is 17.4. The van der Waals surface area contributed by atoms with Crippen LogP contribution in [0.25, 0.3) is 6.08 Å². The number of likely N-dealkylation sites (tertiary alicyclic amines) is 1. The highest BCUT2D eigenvalue weighted by molar-refractivity contribution is 5.80. The van der Waals surface area contributed by atoms with Crippen LogP contribution in [0.5, 0.6) is 0 Å². The maximum atomic E-state index is 12.7. The van der Waals surface area contributed by atoms with E-state index in [0.717, 1.165) is 30.5 Å². The predicted molar refractivity (Wildman–Crippen MR) is 101 cm³/mol. The SMILES string of the molecule is O=C1C(C(O)C/C=C/c2ccccc2)CCCN1Cc1ccccc1. The maximum Gasteiger partial charge on any atom is 0.228 e. The largest absolute Gasteiger partial charge is 0.392 e. The summed E-state index contributed by atoms with van der Waals surface area (Å²) in [4.78, 5) is 14.6. The number of carbonyl (C=O) groups excluding carboxylic acids is 1. The van der Waals surface area contributed by atoms with Gasteiger partial charge in [-0.15, -0.1) is 0 Å². The lowest BCUT2D eigenvalue weighted by Crippen LogP contribution is -2.45. The van der Waals surface area contributed by atoms with Gasteiger partial charge in [0.05, 0.1) is 12.0 Å². The normalized spacial score (nSPS) is 19.3. The van der Waals surface area contributed by atoms with Gasteiger partial charge < -0.3 is 10.0 Å². The molecule has 25 heavy (non-hydrogen) atoms. The van der Waals surface area contributed by atoms with Crippen molar-refractivity contribution in [3.05, 3.63) is 77.9 Å². The maximum absolute atomic E-state index is 12.7. The molecule has 0 aromatic heterocycles. The molecule has 1 fully saturated rings. The highest BCUT2D eigenvalue weighted by Gasteiger charge is 2.33. The Bertz CT molecular complexity index is 696. The average Bonchev–Trinajstić information content (AvgIpc) is 2.65. The number of piperidine rings is 1. The monoisotopic (exact) mass is 335 g/mol. The fourth-order valence-electron chi connectivity index (χ4n) is 3.36. The van der Waals surface area contributed by atoms with E-state index in [1.54, 1.807) is 0 Å². The predicted octanol–water partition coefficient (Wildman–Crippen LogP) is 3.89. The van der Waals surface area contributed by atoms with Crippen molar-refractivity contribution in [3.8, 4) is 0 Å². The molecule has 3 rings (SSSR count). The van der Waals surface area contributed by atoms with Crippen LogP contribution in [0.1, 0.15) is 30.4 Å². The molecule has 2 aromatic carbocycles. The summed E-state index contributed by atoms with van der Waals surface area (Å²) in [6.07, 6.45) is 5.56. The lowest BCUT2D eigenvalue weighted by atomic mass is 9.89. The molecular weight excluding hydrogens is 310 g/mol. The minimum atomic E-state index is -0.619. The number of aliphatic hydroxyl groups excluding tert-OH is 1. The van der Waals surface area contributed by atoms with Crippen LogP contribution in [0.15, 0.2) is 66.7 Å². The molecule has 3 nitrogen and oxygen atoms in total. The van der Waals surface area contributed by atoms with Crippen molar-refractivity contribution in [3.63, 3.8) is 0 Å². The van der Waals surface area contributed by atoms with Crippen LogP contribution < -0.4 is 0 Å². The first-order chi connectivity index (χ1) is 12.2. The van der Waals surface area contributed by atoms with E-state index >= 15 is 0 Å². The quantitative estimate of drug-likeness (QED) is 0.870. The Kier molecular flexibility index (Phi) is 6.02. The van der Waals surface area contributed by atoms with Gasteiger partial charge in [-0.2, -0.15) is 0 Å². The van der Waals surface area contributed by atoms with Crippen molar-refractivity contribution in [1.82, 2.24) is 4.90 Å². The summed E-state index contributed by atoms with van der Waals surface area (Å²) in [5.41, 5.74) is 2.24. The van der Waals surface area contributed by atoms with Crippen molar-refractivity contribution in [1.29, 1.82) is 0 Å². The summed E-state index contributed by atoms with van der Waals surface area (Å²) in [6.45, 7) is 1.40. The van der Waals surface area contributed by atoms with E-state index in [0.29, 0.717) is 13.0 Å². The first-order valence-corrected chi connectivity index (χ1v) is 8.96. The second-order valence-corrected chi connectivity index (χ2v) is 6.61. The molecule has 130 valence electrons. The summed E-state index contributed by atoms with van der Waals surface area (Å²) in [5.74, 6) is -0.214. The molecule has 1 aliphatic heterocycles. The third-order valence-electron chi connectivity index (χ3n) is 4.74. The molecule has 1 heterocycles. The van der Waals surface area contributed by atoms with Gasteiger partial charge in [0, 0.05) is 13.1 Å². The molecule has 2 unspecified atom stereocenters. The van der Waals surface area contributed by atoms with E-state index in [4.69, 9.17) is 0 Å². The fraction of sp³-hybridized carbons (Fsp3) is 0.318. The molecule has 0 saturated carbocycles. The molecule has 1 N–H and O–H groups in total. The number of hydrogen-bond donors (Lipinski definition) is 1. The van der Waals surface area contributed by atoms with Crippen LogP contribution >= 0.6 is 0 Å². The lowest BCUT2D eigenvalue weighted by molar-refractivity contribution is -0.143. The highest BCUT2D eigenvalue weighted by atomic mass is 16.3. The van der Waals surface area contributed by atoms with E-state index in [9.17, 15) is 9.90 Å². The zero-order valence-electron chi connectivity index (χ0n) is 14.4. The molecule has 0 spiro atoms. The number of rotatable bonds is 6. The van der Waals surface area contributed by atoms with Gasteiger partial charge in [0.15, 0.2) is 0 Å². The molecule has 0 radical (unpaired) electrons. The van der Waals surface area contributed by atoms with Crippen LogP contribution in [0.4, 0.5) is 0 Å². The molecule has 1 saturated heterocycles. The number of amides is 1. The minimum Gasteiger partial charge on any atom is -0.392 e. The second kappa shape index (κ2) is 8.63. The number of benzene rings is 2. The average molecular weight is 335 g/mol.